The third-order valence-corrected chi connectivity index (χ3v) is 6.97. The summed E-state index contributed by atoms with van der Waals surface area (Å²) in [6.45, 7) is 4.61. The van der Waals surface area contributed by atoms with Crippen molar-refractivity contribution < 1.29 is 24.1 Å². The van der Waals surface area contributed by atoms with E-state index in [4.69, 9.17) is 14.2 Å². The van der Waals surface area contributed by atoms with Gasteiger partial charge in [0.15, 0.2) is 11.5 Å². The molecule has 1 amide bonds. The predicted octanol–water partition coefficient (Wildman–Crippen LogP) is 2.80. The molecule has 2 aliphatic rings. The van der Waals surface area contributed by atoms with E-state index < -0.39 is 5.25 Å². The van der Waals surface area contributed by atoms with Gasteiger partial charge < -0.3 is 24.6 Å². The van der Waals surface area contributed by atoms with E-state index in [1.807, 2.05) is 13.8 Å². The molecule has 1 aromatic carbocycles. The number of rotatable bonds is 4. The predicted molar refractivity (Wildman–Crippen MR) is 117 cm³/mol. The number of aromatic amines is 1. The molecule has 0 bridgehead atoms. The molecule has 1 fully saturated rings. The largest absolute Gasteiger partial charge is 0.502 e. The third-order valence-electron chi connectivity index (χ3n) is 5.70. The number of aromatic nitrogens is 2. The summed E-state index contributed by atoms with van der Waals surface area (Å²) in [4.78, 5) is 25.6. The number of nitrogens with zero attached hydrogens (tertiary/aromatic N) is 1. The van der Waals surface area contributed by atoms with Gasteiger partial charge in [0, 0.05) is 6.61 Å². The number of H-pyrrole nitrogens is 1. The van der Waals surface area contributed by atoms with Crippen LogP contribution in [0, 0.1) is 0 Å². The molecule has 3 heterocycles. The molecule has 1 aromatic heterocycles. The summed E-state index contributed by atoms with van der Waals surface area (Å²) < 4.78 is 18.2. The smallest absolute Gasteiger partial charge is 0.270 e. The molecule has 0 spiro atoms. The number of amides is 1. The van der Waals surface area contributed by atoms with Crippen molar-refractivity contribution in [1.29, 1.82) is 0 Å². The van der Waals surface area contributed by atoms with Crippen LogP contribution in [0.5, 0.6) is 17.2 Å². The minimum atomic E-state index is -0.449. The highest BCUT2D eigenvalue weighted by Gasteiger charge is 2.36. The minimum Gasteiger partial charge on any atom is -0.502 e. The standard InChI is InChI=1S/C21H27N3O6S/c1-21(2)9-12(5-6-30-21)24-19-16(20(27)23-24)18(31-10-15(25)22-19)11-7-13(28-3)17(26)14(8-11)29-4/h7-8,12,18,26H,5-6,9-10H2,1-4H3,(H,22,25)(H,23,27)/t12-,18+/m0/s1. The second-order valence-electron chi connectivity index (χ2n) is 8.34. The molecule has 168 valence electrons. The number of phenols is 1. The SMILES string of the molecule is COc1cc([C@H]2SCC(=O)Nc3c2c(=O)[nH]n3[C@H]2CCOC(C)(C)C2)cc(OC)c1O. The number of carbonyl (C=O) groups excluding carboxylic acids is 1. The van der Waals surface area contributed by atoms with Crippen molar-refractivity contribution in [2.75, 3.05) is 31.9 Å². The van der Waals surface area contributed by atoms with E-state index in [-0.39, 0.29) is 46.1 Å². The lowest BCUT2D eigenvalue weighted by molar-refractivity contribution is -0.113. The van der Waals surface area contributed by atoms with E-state index in [9.17, 15) is 14.7 Å². The Balaban J connectivity index is 1.84. The summed E-state index contributed by atoms with van der Waals surface area (Å²) in [5.74, 6) is 0.856. The number of phenolic OH excluding ortho intramolecular Hbond substituents is 1. The Hall–Kier alpha value is -2.59. The Morgan fingerprint density at radius 1 is 1.23 bits per heavy atom. The van der Waals surface area contributed by atoms with Crippen molar-refractivity contribution in [3.05, 3.63) is 33.6 Å². The van der Waals surface area contributed by atoms with Gasteiger partial charge in [-0.2, -0.15) is 0 Å². The van der Waals surface area contributed by atoms with Crippen LogP contribution in [0.25, 0.3) is 0 Å². The number of ether oxygens (including phenoxy) is 3. The van der Waals surface area contributed by atoms with E-state index in [1.165, 1.54) is 26.0 Å². The zero-order valence-corrected chi connectivity index (χ0v) is 18.8. The Kier molecular flexibility index (Phi) is 5.69. The second-order valence-corrected chi connectivity index (χ2v) is 9.43. The van der Waals surface area contributed by atoms with Crippen LogP contribution in [0.2, 0.25) is 0 Å². The Morgan fingerprint density at radius 3 is 2.52 bits per heavy atom. The quantitative estimate of drug-likeness (QED) is 0.657. The molecule has 3 N–H and O–H groups in total. The zero-order valence-electron chi connectivity index (χ0n) is 18.0. The van der Waals surface area contributed by atoms with E-state index in [1.54, 1.807) is 16.8 Å². The number of methoxy groups -OCH3 is 2. The molecular formula is C21H27N3O6S. The van der Waals surface area contributed by atoms with Crippen molar-refractivity contribution in [2.24, 2.45) is 0 Å². The van der Waals surface area contributed by atoms with Gasteiger partial charge in [0.1, 0.15) is 5.82 Å². The molecule has 0 unspecified atom stereocenters. The maximum atomic E-state index is 13.1. The first-order valence-electron chi connectivity index (χ1n) is 10.1. The molecule has 0 radical (unpaired) electrons. The molecule has 4 rings (SSSR count). The Morgan fingerprint density at radius 2 is 1.90 bits per heavy atom. The van der Waals surface area contributed by atoms with E-state index in [2.05, 4.69) is 10.4 Å². The Bertz CT molecular complexity index is 1030. The third kappa shape index (κ3) is 4.01. The number of hydrogen-bond acceptors (Lipinski definition) is 7. The summed E-state index contributed by atoms with van der Waals surface area (Å²) in [6, 6.07) is 3.33. The number of thioether (sulfide) groups is 1. The van der Waals surface area contributed by atoms with Gasteiger partial charge in [0.2, 0.25) is 11.7 Å². The molecule has 2 aliphatic heterocycles. The fourth-order valence-corrected chi connectivity index (χ4v) is 5.37. The van der Waals surface area contributed by atoms with Gasteiger partial charge in [-0.05, 0) is 44.4 Å². The number of benzene rings is 1. The van der Waals surface area contributed by atoms with Crippen molar-refractivity contribution in [3.63, 3.8) is 0 Å². The van der Waals surface area contributed by atoms with Crippen LogP contribution in [0.3, 0.4) is 0 Å². The first-order chi connectivity index (χ1) is 14.7. The van der Waals surface area contributed by atoms with Gasteiger partial charge in [-0.3, -0.25) is 19.4 Å². The van der Waals surface area contributed by atoms with Crippen LogP contribution in [-0.2, 0) is 9.53 Å². The highest BCUT2D eigenvalue weighted by Crippen LogP contribution is 2.46. The second kappa shape index (κ2) is 8.16. The van der Waals surface area contributed by atoms with E-state index in [0.29, 0.717) is 30.0 Å². The Labute approximate surface area is 184 Å². The molecule has 9 nitrogen and oxygen atoms in total. The molecule has 1 saturated heterocycles. The van der Waals surface area contributed by atoms with Crippen molar-refractivity contribution >= 4 is 23.5 Å². The topological polar surface area (TPSA) is 115 Å². The summed E-state index contributed by atoms with van der Waals surface area (Å²) >= 11 is 1.34. The maximum absolute atomic E-state index is 13.1. The fraction of sp³-hybridized carbons (Fsp3) is 0.524. The van der Waals surface area contributed by atoms with E-state index >= 15 is 0 Å². The van der Waals surface area contributed by atoms with Crippen LogP contribution in [0.4, 0.5) is 5.82 Å². The highest BCUT2D eigenvalue weighted by atomic mass is 32.2. The number of nitrogens with one attached hydrogen (secondary N) is 2. The van der Waals surface area contributed by atoms with Gasteiger partial charge in [-0.1, -0.05) is 0 Å². The first kappa shape index (κ1) is 21.6. The molecule has 0 aliphatic carbocycles. The summed E-state index contributed by atoms with van der Waals surface area (Å²) in [7, 11) is 2.90. The number of aromatic hydroxyl groups is 1. The first-order valence-corrected chi connectivity index (χ1v) is 11.1. The van der Waals surface area contributed by atoms with Crippen LogP contribution >= 0.6 is 11.8 Å². The van der Waals surface area contributed by atoms with Crippen molar-refractivity contribution in [1.82, 2.24) is 9.78 Å². The number of hydrogen-bond donors (Lipinski definition) is 3. The van der Waals surface area contributed by atoms with Crippen LogP contribution in [-0.4, -0.2) is 53.0 Å². The number of carbonyl (C=O) groups is 1. The molecule has 2 aromatic rings. The van der Waals surface area contributed by atoms with Crippen LogP contribution in [0.15, 0.2) is 16.9 Å². The average Bonchev–Trinajstić information content (AvgIpc) is 2.93. The van der Waals surface area contributed by atoms with Crippen LogP contribution in [0.1, 0.15) is 49.1 Å². The molecule has 2 atom stereocenters. The van der Waals surface area contributed by atoms with Gasteiger partial charge in [-0.15, -0.1) is 11.8 Å². The summed E-state index contributed by atoms with van der Waals surface area (Å²) in [6.07, 6.45) is 1.44. The van der Waals surface area contributed by atoms with Crippen LogP contribution < -0.4 is 20.3 Å². The fourth-order valence-electron chi connectivity index (χ4n) is 4.27. The van der Waals surface area contributed by atoms with Gasteiger partial charge in [0.25, 0.3) is 5.56 Å². The molecular weight excluding hydrogens is 422 g/mol. The van der Waals surface area contributed by atoms with Crippen molar-refractivity contribution in [2.45, 2.75) is 43.6 Å². The summed E-state index contributed by atoms with van der Waals surface area (Å²) in [5, 5.41) is 15.7. The van der Waals surface area contributed by atoms with Gasteiger partial charge in [-0.25, -0.2) is 0 Å². The van der Waals surface area contributed by atoms with Crippen molar-refractivity contribution in [3.8, 4) is 17.2 Å². The number of anilines is 1. The summed E-state index contributed by atoms with van der Waals surface area (Å²) in [5.41, 5.74) is 0.585. The lowest BCUT2D eigenvalue weighted by atomic mass is 9.94. The molecule has 0 saturated carbocycles. The lowest BCUT2D eigenvalue weighted by Gasteiger charge is -2.36. The zero-order chi connectivity index (χ0) is 22.3. The molecule has 31 heavy (non-hydrogen) atoms. The molecule has 10 heteroatoms. The van der Waals surface area contributed by atoms with Gasteiger partial charge >= 0.3 is 0 Å². The maximum Gasteiger partial charge on any atom is 0.270 e. The van der Waals surface area contributed by atoms with Gasteiger partial charge in [0.05, 0.1) is 42.4 Å². The highest BCUT2D eigenvalue weighted by molar-refractivity contribution is 8.00. The monoisotopic (exact) mass is 449 g/mol. The minimum absolute atomic E-state index is 0.00635. The lowest BCUT2D eigenvalue weighted by Crippen LogP contribution is -2.36. The number of fused-ring (bicyclic) bond motifs is 1. The average molecular weight is 450 g/mol. The normalized spacial score (nSPS) is 22.9. The van der Waals surface area contributed by atoms with E-state index in [0.717, 1.165) is 6.42 Å².